The van der Waals surface area contributed by atoms with E-state index in [1.165, 1.54) is 25.0 Å². The van der Waals surface area contributed by atoms with Gasteiger partial charge in [-0.05, 0) is 30.9 Å². The molecule has 0 amide bonds. The number of hydrogen-bond donors (Lipinski definition) is 1. The first kappa shape index (κ1) is 9.40. The van der Waals surface area contributed by atoms with Gasteiger partial charge in [0, 0.05) is 11.9 Å². The lowest BCUT2D eigenvalue weighted by Gasteiger charge is -2.25. The zero-order valence-corrected chi connectivity index (χ0v) is 8.07. The highest BCUT2D eigenvalue weighted by Crippen LogP contribution is 2.31. The molecule has 0 aliphatic heterocycles. The van der Waals surface area contributed by atoms with Crippen LogP contribution in [0.2, 0.25) is 0 Å². The summed E-state index contributed by atoms with van der Waals surface area (Å²) < 4.78 is 0. The minimum Gasteiger partial charge on any atom is -0.396 e. The van der Waals surface area contributed by atoms with Crippen LogP contribution in [0.25, 0.3) is 0 Å². The summed E-state index contributed by atoms with van der Waals surface area (Å²) in [5.41, 5.74) is 0. The van der Waals surface area contributed by atoms with Gasteiger partial charge in [0.15, 0.2) is 0 Å². The van der Waals surface area contributed by atoms with E-state index in [4.69, 9.17) is 5.11 Å². The van der Waals surface area contributed by atoms with Crippen molar-refractivity contribution < 1.29 is 5.11 Å². The van der Waals surface area contributed by atoms with Crippen molar-refractivity contribution in [3.63, 3.8) is 0 Å². The molecule has 11 heavy (non-hydrogen) atoms. The van der Waals surface area contributed by atoms with Crippen molar-refractivity contribution in [3.8, 4) is 0 Å². The maximum absolute atomic E-state index is 8.66. The molecule has 1 atom stereocenters. The van der Waals surface area contributed by atoms with E-state index in [1.807, 2.05) is 11.8 Å². The summed E-state index contributed by atoms with van der Waals surface area (Å²) in [5.74, 6) is 2.32. The van der Waals surface area contributed by atoms with E-state index in [9.17, 15) is 0 Å². The first-order valence-corrected chi connectivity index (χ1v) is 5.60. The number of rotatable bonds is 5. The van der Waals surface area contributed by atoms with Gasteiger partial charge < -0.3 is 5.11 Å². The predicted octanol–water partition coefficient (Wildman–Crippen LogP) is 2.29. The van der Waals surface area contributed by atoms with E-state index >= 15 is 0 Å². The SMILES string of the molecule is CC(CCO)SCC1CCC1. The Balaban J connectivity index is 1.92. The molecule has 1 N–H and O–H groups in total. The lowest BCUT2D eigenvalue weighted by atomic mass is 9.87. The van der Waals surface area contributed by atoms with Crippen LogP contribution in [0, 0.1) is 5.92 Å². The Bertz CT molecular complexity index is 102. The van der Waals surface area contributed by atoms with Crippen molar-refractivity contribution in [1.29, 1.82) is 0 Å². The summed E-state index contributed by atoms with van der Waals surface area (Å²) in [4.78, 5) is 0. The lowest BCUT2D eigenvalue weighted by Crippen LogP contribution is -2.15. The third-order valence-electron chi connectivity index (χ3n) is 2.38. The van der Waals surface area contributed by atoms with Gasteiger partial charge in [-0.1, -0.05) is 13.3 Å². The molecule has 0 aromatic heterocycles. The molecule has 0 saturated heterocycles. The van der Waals surface area contributed by atoms with Gasteiger partial charge in [0.2, 0.25) is 0 Å². The summed E-state index contributed by atoms with van der Waals surface area (Å²) in [7, 11) is 0. The number of aliphatic hydroxyl groups excluding tert-OH is 1. The molecule has 0 aromatic carbocycles. The second-order valence-corrected chi connectivity index (χ2v) is 4.92. The van der Waals surface area contributed by atoms with Crippen LogP contribution in [-0.4, -0.2) is 22.7 Å². The number of thioether (sulfide) groups is 1. The zero-order chi connectivity index (χ0) is 8.10. The van der Waals surface area contributed by atoms with Crippen LogP contribution in [0.15, 0.2) is 0 Å². The molecule has 0 bridgehead atoms. The summed E-state index contributed by atoms with van der Waals surface area (Å²) >= 11 is 2.02. The van der Waals surface area contributed by atoms with Crippen LogP contribution in [0.3, 0.4) is 0 Å². The highest BCUT2D eigenvalue weighted by atomic mass is 32.2. The van der Waals surface area contributed by atoms with Gasteiger partial charge in [0.05, 0.1) is 0 Å². The highest BCUT2D eigenvalue weighted by molar-refractivity contribution is 7.99. The average Bonchev–Trinajstić information content (AvgIpc) is 1.85. The van der Waals surface area contributed by atoms with Gasteiger partial charge in [0.25, 0.3) is 0 Å². The molecule has 1 fully saturated rings. The fourth-order valence-corrected chi connectivity index (χ4v) is 2.43. The first-order chi connectivity index (χ1) is 5.33. The normalized spacial score (nSPS) is 21.3. The molecule has 0 radical (unpaired) electrons. The molecule has 1 rings (SSSR count). The predicted molar refractivity (Wildman–Crippen MR) is 51.0 cm³/mol. The molecular formula is C9H18OS. The van der Waals surface area contributed by atoms with E-state index in [1.54, 1.807) is 0 Å². The topological polar surface area (TPSA) is 20.2 Å². The number of hydrogen-bond acceptors (Lipinski definition) is 2. The van der Waals surface area contributed by atoms with Crippen LogP contribution in [0.1, 0.15) is 32.6 Å². The van der Waals surface area contributed by atoms with E-state index in [2.05, 4.69) is 6.92 Å². The van der Waals surface area contributed by atoms with Crippen LogP contribution < -0.4 is 0 Å². The van der Waals surface area contributed by atoms with Crippen LogP contribution in [-0.2, 0) is 0 Å². The fourth-order valence-electron chi connectivity index (χ4n) is 1.22. The van der Waals surface area contributed by atoms with Crippen molar-refractivity contribution in [2.24, 2.45) is 5.92 Å². The molecule has 1 aliphatic rings. The Morgan fingerprint density at radius 3 is 2.73 bits per heavy atom. The summed E-state index contributed by atoms with van der Waals surface area (Å²) in [6.07, 6.45) is 5.29. The molecule has 66 valence electrons. The Hall–Kier alpha value is 0.310. The third-order valence-corrected chi connectivity index (χ3v) is 3.85. The molecule has 2 heteroatoms. The molecule has 0 spiro atoms. The number of aliphatic hydroxyl groups is 1. The van der Waals surface area contributed by atoms with Crippen molar-refractivity contribution >= 4 is 11.8 Å². The van der Waals surface area contributed by atoms with E-state index in [0.29, 0.717) is 11.9 Å². The quantitative estimate of drug-likeness (QED) is 0.690. The Kier molecular flexibility index (Phi) is 4.31. The Morgan fingerprint density at radius 1 is 1.55 bits per heavy atom. The minimum absolute atomic E-state index is 0.346. The maximum Gasteiger partial charge on any atom is 0.0441 e. The molecule has 1 saturated carbocycles. The summed E-state index contributed by atoms with van der Waals surface area (Å²) in [6.45, 7) is 2.55. The van der Waals surface area contributed by atoms with Crippen molar-refractivity contribution in [2.75, 3.05) is 12.4 Å². The second kappa shape index (κ2) is 5.04. The third kappa shape index (κ3) is 3.48. The molecule has 0 aromatic rings. The minimum atomic E-state index is 0.346. The second-order valence-electron chi connectivity index (χ2n) is 3.45. The van der Waals surface area contributed by atoms with Gasteiger partial charge in [-0.2, -0.15) is 11.8 Å². The van der Waals surface area contributed by atoms with Crippen molar-refractivity contribution in [3.05, 3.63) is 0 Å². The smallest absolute Gasteiger partial charge is 0.0441 e. The van der Waals surface area contributed by atoms with Gasteiger partial charge in [-0.25, -0.2) is 0 Å². The summed E-state index contributed by atoms with van der Waals surface area (Å²) in [6, 6.07) is 0. The molecular weight excluding hydrogens is 156 g/mol. The van der Waals surface area contributed by atoms with Crippen molar-refractivity contribution in [2.45, 2.75) is 37.9 Å². The van der Waals surface area contributed by atoms with Gasteiger partial charge in [-0.15, -0.1) is 0 Å². The van der Waals surface area contributed by atoms with Crippen LogP contribution in [0.5, 0.6) is 0 Å². The Labute approximate surface area is 73.6 Å². The monoisotopic (exact) mass is 174 g/mol. The molecule has 0 heterocycles. The van der Waals surface area contributed by atoms with E-state index in [0.717, 1.165) is 12.3 Å². The lowest BCUT2D eigenvalue weighted by molar-refractivity contribution is 0.288. The fraction of sp³-hybridized carbons (Fsp3) is 1.00. The zero-order valence-electron chi connectivity index (χ0n) is 7.25. The van der Waals surface area contributed by atoms with Gasteiger partial charge in [-0.3, -0.25) is 0 Å². The largest absolute Gasteiger partial charge is 0.396 e. The first-order valence-electron chi connectivity index (χ1n) is 4.55. The van der Waals surface area contributed by atoms with Crippen LogP contribution >= 0.6 is 11.8 Å². The van der Waals surface area contributed by atoms with E-state index in [-0.39, 0.29) is 0 Å². The maximum atomic E-state index is 8.66. The Morgan fingerprint density at radius 2 is 2.27 bits per heavy atom. The summed E-state index contributed by atoms with van der Waals surface area (Å²) in [5, 5.41) is 9.31. The van der Waals surface area contributed by atoms with E-state index < -0.39 is 0 Å². The average molecular weight is 174 g/mol. The van der Waals surface area contributed by atoms with Crippen molar-refractivity contribution in [1.82, 2.24) is 0 Å². The molecule has 1 nitrogen and oxygen atoms in total. The standard InChI is InChI=1S/C9H18OS/c1-8(5-6-10)11-7-9-3-2-4-9/h8-10H,2-7H2,1H3. The highest BCUT2D eigenvalue weighted by Gasteiger charge is 2.17. The van der Waals surface area contributed by atoms with Gasteiger partial charge in [0.1, 0.15) is 0 Å². The molecule has 1 aliphatic carbocycles. The molecule has 1 unspecified atom stereocenters. The van der Waals surface area contributed by atoms with Crippen LogP contribution in [0.4, 0.5) is 0 Å². The van der Waals surface area contributed by atoms with Gasteiger partial charge >= 0.3 is 0 Å².